The number of nitro benzene ring substituents is 1. The van der Waals surface area contributed by atoms with Crippen LogP contribution in [0.3, 0.4) is 0 Å². The second-order valence-electron chi connectivity index (χ2n) is 5.25. The second-order valence-corrected chi connectivity index (χ2v) is 5.25. The third-order valence-corrected chi connectivity index (χ3v) is 3.83. The van der Waals surface area contributed by atoms with Crippen LogP contribution in [0.25, 0.3) is 0 Å². The van der Waals surface area contributed by atoms with Crippen LogP contribution in [0.1, 0.15) is 13.3 Å². The number of piperidine rings is 1. The Hall–Kier alpha value is -2.29. The van der Waals surface area contributed by atoms with Crippen molar-refractivity contribution in [3.8, 4) is 0 Å². The highest BCUT2D eigenvalue weighted by Gasteiger charge is 2.34. The highest BCUT2D eigenvalue weighted by atomic mass is 19.2. The highest BCUT2D eigenvalue weighted by Crippen LogP contribution is 2.31. The molecule has 2 atom stereocenters. The fraction of sp³-hybridized carbons (Fsp3) is 0.500. The molecule has 1 aliphatic heterocycles. The Balaban J connectivity index is 2.18. The van der Waals surface area contributed by atoms with Crippen molar-refractivity contribution >= 4 is 17.3 Å². The van der Waals surface area contributed by atoms with Gasteiger partial charge in [0, 0.05) is 25.2 Å². The summed E-state index contributed by atoms with van der Waals surface area (Å²) in [7, 11) is 0. The molecule has 126 valence electrons. The van der Waals surface area contributed by atoms with Crippen LogP contribution in [-0.2, 0) is 9.53 Å². The van der Waals surface area contributed by atoms with Crippen molar-refractivity contribution in [2.75, 3.05) is 24.6 Å². The molecule has 0 amide bonds. The van der Waals surface area contributed by atoms with Crippen molar-refractivity contribution in [2.24, 2.45) is 11.7 Å². The van der Waals surface area contributed by atoms with Gasteiger partial charge in [0.15, 0.2) is 5.82 Å². The summed E-state index contributed by atoms with van der Waals surface area (Å²) in [6.07, 6.45) is 0.331. The summed E-state index contributed by atoms with van der Waals surface area (Å²) in [5.74, 6) is -3.71. The SMILES string of the molecule is CCOC(=O)C1CCN(c2ccc([N+](=O)[O-])c(F)c2F)CC1N. The smallest absolute Gasteiger partial charge is 0.310 e. The number of benzene rings is 1. The normalized spacial score (nSPS) is 21.1. The molecule has 1 heterocycles. The van der Waals surface area contributed by atoms with Crippen LogP contribution in [0.15, 0.2) is 12.1 Å². The van der Waals surface area contributed by atoms with Crippen LogP contribution in [-0.4, -0.2) is 36.6 Å². The molecule has 0 saturated carbocycles. The Morgan fingerprint density at radius 3 is 2.74 bits per heavy atom. The van der Waals surface area contributed by atoms with Gasteiger partial charge >= 0.3 is 11.7 Å². The van der Waals surface area contributed by atoms with Gasteiger partial charge < -0.3 is 15.4 Å². The lowest BCUT2D eigenvalue weighted by Crippen LogP contribution is -2.51. The minimum atomic E-state index is -1.51. The number of carbonyl (C=O) groups excluding carboxylic acids is 1. The predicted molar refractivity (Wildman–Crippen MR) is 77.9 cm³/mol. The van der Waals surface area contributed by atoms with Crippen LogP contribution >= 0.6 is 0 Å². The Morgan fingerprint density at radius 2 is 2.17 bits per heavy atom. The van der Waals surface area contributed by atoms with Crippen LogP contribution in [0.2, 0.25) is 0 Å². The van der Waals surface area contributed by atoms with E-state index in [-0.39, 0.29) is 25.4 Å². The van der Waals surface area contributed by atoms with Crippen molar-refractivity contribution in [1.29, 1.82) is 0 Å². The van der Waals surface area contributed by atoms with Crippen LogP contribution in [0.4, 0.5) is 20.2 Å². The van der Waals surface area contributed by atoms with Crippen LogP contribution in [0.5, 0.6) is 0 Å². The molecule has 1 fully saturated rings. The number of hydrogen-bond donors (Lipinski definition) is 1. The number of rotatable bonds is 4. The molecule has 2 N–H and O–H groups in total. The van der Waals surface area contributed by atoms with E-state index < -0.39 is 40.2 Å². The van der Waals surface area contributed by atoms with E-state index in [2.05, 4.69) is 0 Å². The van der Waals surface area contributed by atoms with Gasteiger partial charge in [-0.2, -0.15) is 4.39 Å². The number of ether oxygens (including phenoxy) is 1. The molecule has 0 radical (unpaired) electrons. The minimum Gasteiger partial charge on any atom is -0.466 e. The molecular weight excluding hydrogens is 312 g/mol. The van der Waals surface area contributed by atoms with Crippen molar-refractivity contribution in [3.63, 3.8) is 0 Å². The molecule has 1 aromatic rings. The fourth-order valence-electron chi connectivity index (χ4n) is 2.66. The van der Waals surface area contributed by atoms with Gasteiger partial charge in [-0.3, -0.25) is 14.9 Å². The van der Waals surface area contributed by atoms with E-state index in [0.29, 0.717) is 6.42 Å². The first kappa shape index (κ1) is 17.1. The van der Waals surface area contributed by atoms with Crippen molar-refractivity contribution in [2.45, 2.75) is 19.4 Å². The molecule has 0 spiro atoms. The maximum absolute atomic E-state index is 14.1. The number of nitro groups is 1. The third kappa shape index (κ3) is 3.39. The molecular formula is C14H17F2N3O4. The van der Waals surface area contributed by atoms with E-state index in [1.165, 1.54) is 4.90 Å². The summed E-state index contributed by atoms with van der Waals surface area (Å²) in [4.78, 5) is 22.9. The molecule has 1 aromatic carbocycles. The zero-order valence-electron chi connectivity index (χ0n) is 12.5. The quantitative estimate of drug-likeness (QED) is 0.512. The summed E-state index contributed by atoms with van der Waals surface area (Å²) in [5, 5.41) is 10.6. The largest absolute Gasteiger partial charge is 0.466 e. The first-order chi connectivity index (χ1) is 10.9. The lowest BCUT2D eigenvalue weighted by atomic mass is 9.92. The number of nitrogens with zero attached hydrogens (tertiary/aromatic N) is 2. The zero-order chi connectivity index (χ0) is 17.1. The van der Waals surface area contributed by atoms with Gasteiger partial charge in [0.05, 0.1) is 23.1 Å². The average molecular weight is 329 g/mol. The van der Waals surface area contributed by atoms with Crippen LogP contribution in [0, 0.1) is 27.7 Å². The summed E-state index contributed by atoms with van der Waals surface area (Å²) >= 11 is 0. The second kappa shape index (κ2) is 6.86. The van der Waals surface area contributed by atoms with Crippen molar-refractivity contribution < 1.29 is 23.2 Å². The van der Waals surface area contributed by atoms with Crippen molar-refractivity contribution in [3.05, 3.63) is 33.9 Å². The van der Waals surface area contributed by atoms with Gasteiger partial charge in [0.2, 0.25) is 5.82 Å². The van der Waals surface area contributed by atoms with E-state index in [1.54, 1.807) is 6.92 Å². The molecule has 9 heteroatoms. The molecule has 0 bridgehead atoms. The molecule has 0 aliphatic carbocycles. The number of hydrogen-bond acceptors (Lipinski definition) is 6. The third-order valence-electron chi connectivity index (χ3n) is 3.83. The van der Waals surface area contributed by atoms with E-state index in [0.717, 1.165) is 12.1 Å². The van der Waals surface area contributed by atoms with E-state index in [4.69, 9.17) is 10.5 Å². The van der Waals surface area contributed by atoms with Gasteiger partial charge in [0.25, 0.3) is 0 Å². The first-order valence-corrected chi connectivity index (χ1v) is 7.16. The van der Waals surface area contributed by atoms with Gasteiger partial charge in [-0.15, -0.1) is 0 Å². The standard InChI is InChI=1S/C14H17F2N3O4/c1-2-23-14(20)8-5-6-18(7-9(8)17)10-3-4-11(19(21)22)13(16)12(10)15/h3-4,8-9H,2,5-7,17H2,1H3. The minimum absolute atomic E-state index is 0.106. The summed E-state index contributed by atoms with van der Waals surface area (Å²) in [6.45, 7) is 2.32. The first-order valence-electron chi connectivity index (χ1n) is 7.16. The lowest BCUT2D eigenvalue weighted by Gasteiger charge is -2.36. The highest BCUT2D eigenvalue weighted by molar-refractivity contribution is 5.74. The Bertz CT molecular complexity index is 626. The van der Waals surface area contributed by atoms with Crippen molar-refractivity contribution in [1.82, 2.24) is 0 Å². The van der Waals surface area contributed by atoms with Crippen LogP contribution < -0.4 is 10.6 Å². The number of anilines is 1. The van der Waals surface area contributed by atoms with Gasteiger partial charge in [-0.1, -0.05) is 0 Å². The van der Waals surface area contributed by atoms with E-state index in [9.17, 15) is 23.7 Å². The monoisotopic (exact) mass is 329 g/mol. The summed E-state index contributed by atoms with van der Waals surface area (Å²) in [6, 6.07) is 1.46. The van der Waals surface area contributed by atoms with E-state index in [1.807, 2.05) is 0 Å². The predicted octanol–water partition coefficient (Wildman–Crippen LogP) is 1.59. The topological polar surface area (TPSA) is 98.7 Å². The molecule has 23 heavy (non-hydrogen) atoms. The Labute approximate surface area is 131 Å². The Morgan fingerprint density at radius 1 is 1.48 bits per heavy atom. The maximum atomic E-state index is 14.1. The lowest BCUT2D eigenvalue weighted by molar-refractivity contribution is -0.387. The summed E-state index contributed by atoms with van der Waals surface area (Å²) in [5.41, 5.74) is 4.91. The number of esters is 1. The number of halogens is 2. The number of carbonyl (C=O) groups is 1. The van der Waals surface area contributed by atoms with Gasteiger partial charge in [-0.25, -0.2) is 4.39 Å². The van der Waals surface area contributed by atoms with E-state index >= 15 is 0 Å². The number of nitrogens with two attached hydrogens (primary N) is 1. The summed E-state index contributed by atoms with van der Waals surface area (Å²) < 4.78 is 32.7. The average Bonchev–Trinajstić information content (AvgIpc) is 2.49. The fourth-order valence-corrected chi connectivity index (χ4v) is 2.66. The molecule has 0 aromatic heterocycles. The molecule has 2 unspecified atom stereocenters. The van der Waals surface area contributed by atoms with Gasteiger partial charge in [0.1, 0.15) is 0 Å². The molecule has 7 nitrogen and oxygen atoms in total. The molecule has 2 rings (SSSR count). The Kier molecular flexibility index (Phi) is 5.09. The van der Waals surface area contributed by atoms with Gasteiger partial charge in [-0.05, 0) is 19.4 Å². The molecule has 1 saturated heterocycles. The molecule has 1 aliphatic rings. The zero-order valence-corrected chi connectivity index (χ0v) is 12.5. The maximum Gasteiger partial charge on any atom is 0.310 e.